The van der Waals surface area contributed by atoms with Crippen molar-refractivity contribution in [2.75, 3.05) is 34.4 Å². The summed E-state index contributed by atoms with van der Waals surface area (Å²) in [6.07, 6.45) is 0. The minimum Gasteiger partial charge on any atom is -0.384 e. The zero-order valence-electron chi connectivity index (χ0n) is 8.42. The summed E-state index contributed by atoms with van der Waals surface area (Å²) in [5.74, 6) is 1.37. The normalized spacial score (nSPS) is 16.9. The maximum absolute atomic E-state index is 5.09. The fourth-order valence-electron chi connectivity index (χ4n) is 1.18. The highest BCUT2D eigenvalue weighted by atomic mass is 16.5. The molecule has 0 bridgehead atoms. The molecule has 0 aromatic rings. The van der Waals surface area contributed by atoms with Crippen molar-refractivity contribution in [3.8, 4) is 0 Å². The summed E-state index contributed by atoms with van der Waals surface area (Å²) >= 11 is 0. The van der Waals surface area contributed by atoms with Crippen LogP contribution in [0.5, 0.6) is 0 Å². The second-order valence-electron chi connectivity index (χ2n) is 3.67. The lowest BCUT2D eigenvalue weighted by atomic mass is 9.96. The molecule has 68 valence electrons. The van der Waals surface area contributed by atoms with Crippen molar-refractivity contribution < 1.29 is 4.74 Å². The van der Waals surface area contributed by atoms with Crippen molar-refractivity contribution in [3.05, 3.63) is 0 Å². The molecule has 0 aromatic carbocycles. The molecule has 2 atom stereocenters. The summed E-state index contributed by atoms with van der Waals surface area (Å²) < 4.78 is 5.09. The molecule has 11 heavy (non-hydrogen) atoms. The molecule has 0 spiro atoms. The molecule has 2 heteroatoms. The van der Waals surface area contributed by atoms with Crippen molar-refractivity contribution in [1.29, 1.82) is 0 Å². The van der Waals surface area contributed by atoms with Crippen molar-refractivity contribution in [3.63, 3.8) is 0 Å². The monoisotopic (exact) mass is 159 g/mol. The van der Waals surface area contributed by atoms with Gasteiger partial charge in [-0.2, -0.15) is 0 Å². The number of ether oxygens (including phenoxy) is 1. The average molecular weight is 159 g/mol. The molecule has 0 rings (SSSR count). The van der Waals surface area contributed by atoms with Crippen LogP contribution in [-0.2, 0) is 4.74 Å². The van der Waals surface area contributed by atoms with Crippen LogP contribution >= 0.6 is 0 Å². The SMILES string of the molecule is COC[C@H](C)[C@@H](C)CN(C)C. The number of rotatable bonds is 5. The van der Waals surface area contributed by atoms with Gasteiger partial charge in [-0.05, 0) is 25.9 Å². The molecule has 2 nitrogen and oxygen atoms in total. The van der Waals surface area contributed by atoms with E-state index in [0.717, 1.165) is 13.2 Å². The molecule has 0 N–H and O–H groups in total. The molecule has 0 aliphatic carbocycles. The highest BCUT2D eigenvalue weighted by Crippen LogP contribution is 2.11. The van der Waals surface area contributed by atoms with Crippen molar-refractivity contribution in [1.82, 2.24) is 4.90 Å². The first-order valence-corrected chi connectivity index (χ1v) is 4.21. The van der Waals surface area contributed by atoms with E-state index in [-0.39, 0.29) is 0 Å². The Kier molecular flexibility index (Phi) is 5.51. The smallest absolute Gasteiger partial charge is 0.0490 e. The quantitative estimate of drug-likeness (QED) is 0.602. The lowest BCUT2D eigenvalue weighted by Crippen LogP contribution is -2.26. The predicted molar refractivity (Wildman–Crippen MR) is 48.8 cm³/mol. The Hall–Kier alpha value is -0.0800. The summed E-state index contributed by atoms with van der Waals surface area (Å²) in [6.45, 7) is 6.51. The fraction of sp³-hybridized carbons (Fsp3) is 1.00. The first-order valence-electron chi connectivity index (χ1n) is 4.21. The summed E-state index contributed by atoms with van der Waals surface area (Å²) in [5.41, 5.74) is 0. The Labute approximate surface area is 70.5 Å². The largest absolute Gasteiger partial charge is 0.384 e. The van der Waals surface area contributed by atoms with Gasteiger partial charge in [-0.3, -0.25) is 0 Å². The van der Waals surface area contributed by atoms with Gasteiger partial charge in [0.15, 0.2) is 0 Å². The summed E-state index contributed by atoms with van der Waals surface area (Å²) in [7, 11) is 5.98. The standard InChI is InChI=1S/C9H21NO/c1-8(6-10(3)4)9(2)7-11-5/h8-9H,6-7H2,1-5H3/t8-,9-/m0/s1. The minimum absolute atomic E-state index is 0.655. The van der Waals surface area contributed by atoms with Gasteiger partial charge in [0.1, 0.15) is 0 Å². The van der Waals surface area contributed by atoms with Gasteiger partial charge < -0.3 is 9.64 Å². The summed E-state index contributed by atoms with van der Waals surface area (Å²) in [5, 5.41) is 0. The van der Waals surface area contributed by atoms with Crippen molar-refractivity contribution in [2.24, 2.45) is 11.8 Å². The third kappa shape index (κ3) is 5.22. The van der Waals surface area contributed by atoms with E-state index in [9.17, 15) is 0 Å². The van der Waals surface area contributed by atoms with Crippen LogP contribution in [0.4, 0.5) is 0 Å². The van der Waals surface area contributed by atoms with Crippen LogP contribution in [0, 0.1) is 11.8 Å². The van der Waals surface area contributed by atoms with E-state index in [2.05, 4.69) is 32.8 Å². The molecule has 0 saturated carbocycles. The van der Waals surface area contributed by atoms with Crippen molar-refractivity contribution >= 4 is 0 Å². The van der Waals surface area contributed by atoms with Crippen LogP contribution in [0.25, 0.3) is 0 Å². The Morgan fingerprint density at radius 3 is 2.09 bits per heavy atom. The molecule has 0 unspecified atom stereocenters. The van der Waals surface area contributed by atoms with E-state index in [4.69, 9.17) is 4.74 Å². The predicted octanol–water partition coefficient (Wildman–Crippen LogP) is 1.47. The Morgan fingerprint density at radius 1 is 1.18 bits per heavy atom. The van der Waals surface area contributed by atoms with Crippen LogP contribution in [0.1, 0.15) is 13.8 Å². The number of nitrogens with zero attached hydrogens (tertiary/aromatic N) is 1. The second-order valence-corrected chi connectivity index (χ2v) is 3.67. The van der Waals surface area contributed by atoms with Gasteiger partial charge in [0, 0.05) is 20.3 Å². The Bertz CT molecular complexity index is 93.6. The molecule has 0 aliphatic heterocycles. The first-order chi connectivity index (χ1) is 5.07. The topological polar surface area (TPSA) is 12.5 Å². The molecule has 0 amide bonds. The van der Waals surface area contributed by atoms with Crippen LogP contribution in [0.15, 0.2) is 0 Å². The van der Waals surface area contributed by atoms with Gasteiger partial charge in [0.25, 0.3) is 0 Å². The molecular formula is C9H21NO. The molecule has 0 aliphatic rings. The van der Waals surface area contributed by atoms with Crippen LogP contribution in [-0.4, -0.2) is 39.3 Å². The highest BCUT2D eigenvalue weighted by molar-refractivity contribution is 4.63. The molecular weight excluding hydrogens is 138 g/mol. The molecule has 0 fully saturated rings. The molecule has 0 saturated heterocycles. The second kappa shape index (κ2) is 5.56. The molecule has 0 radical (unpaired) electrons. The van der Waals surface area contributed by atoms with E-state index in [0.29, 0.717) is 11.8 Å². The lowest BCUT2D eigenvalue weighted by molar-refractivity contribution is 0.123. The van der Waals surface area contributed by atoms with E-state index in [1.54, 1.807) is 7.11 Å². The zero-order valence-corrected chi connectivity index (χ0v) is 8.42. The highest BCUT2D eigenvalue weighted by Gasteiger charge is 2.11. The van der Waals surface area contributed by atoms with Gasteiger partial charge >= 0.3 is 0 Å². The summed E-state index contributed by atoms with van der Waals surface area (Å²) in [6, 6.07) is 0. The maximum atomic E-state index is 5.09. The summed E-state index contributed by atoms with van der Waals surface area (Å²) in [4.78, 5) is 2.22. The van der Waals surface area contributed by atoms with Crippen LogP contribution in [0.3, 0.4) is 0 Å². The van der Waals surface area contributed by atoms with E-state index < -0.39 is 0 Å². The van der Waals surface area contributed by atoms with Gasteiger partial charge in [0.05, 0.1) is 0 Å². The lowest BCUT2D eigenvalue weighted by Gasteiger charge is -2.22. The Balaban J connectivity index is 3.54. The third-order valence-electron chi connectivity index (χ3n) is 2.05. The van der Waals surface area contributed by atoms with E-state index in [1.165, 1.54) is 0 Å². The zero-order chi connectivity index (χ0) is 8.85. The maximum Gasteiger partial charge on any atom is 0.0490 e. The number of hydrogen-bond acceptors (Lipinski definition) is 2. The number of hydrogen-bond donors (Lipinski definition) is 0. The molecule has 0 aromatic heterocycles. The van der Waals surface area contributed by atoms with Gasteiger partial charge in [-0.15, -0.1) is 0 Å². The third-order valence-corrected chi connectivity index (χ3v) is 2.05. The average Bonchev–Trinajstić information content (AvgIpc) is 1.86. The minimum atomic E-state index is 0.655. The van der Waals surface area contributed by atoms with E-state index in [1.807, 2.05) is 0 Å². The van der Waals surface area contributed by atoms with Gasteiger partial charge in [-0.25, -0.2) is 0 Å². The first kappa shape index (κ1) is 10.9. The number of methoxy groups -OCH3 is 1. The van der Waals surface area contributed by atoms with Crippen LogP contribution in [0.2, 0.25) is 0 Å². The van der Waals surface area contributed by atoms with Gasteiger partial charge in [-0.1, -0.05) is 13.8 Å². The Morgan fingerprint density at radius 2 is 1.73 bits per heavy atom. The van der Waals surface area contributed by atoms with Crippen LogP contribution < -0.4 is 0 Å². The van der Waals surface area contributed by atoms with E-state index >= 15 is 0 Å². The molecule has 0 heterocycles. The fourth-order valence-corrected chi connectivity index (χ4v) is 1.18. The van der Waals surface area contributed by atoms with Crippen molar-refractivity contribution in [2.45, 2.75) is 13.8 Å². The van der Waals surface area contributed by atoms with Gasteiger partial charge in [0.2, 0.25) is 0 Å².